The lowest BCUT2D eigenvalue weighted by molar-refractivity contribution is 1.16. The molecule has 0 saturated carbocycles. The van der Waals surface area contributed by atoms with Crippen LogP contribution in [0, 0.1) is 13.8 Å². The van der Waals surface area contributed by atoms with E-state index in [2.05, 4.69) is 207 Å². The molecule has 0 amide bonds. The predicted molar refractivity (Wildman–Crippen MR) is 208 cm³/mol. The maximum atomic E-state index is 2.37. The molecule has 0 aromatic heterocycles. The molecule has 0 fully saturated rings. The fraction of sp³-hybridized carbons (Fsp3) is 0.0870. The minimum Gasteiger partial charge on any atom is -0.314 e. The molecule has 0 heterocycles. The number of nitrogens with zero attached hydrogens (tertiary/aromatic N) is 2. The summed E-state index contributed by atoms with van der Waals surface area (Å²) in [6, 6.07) is 54.7. The summed E-state index contributed by atoms with van der Waals surface area (Å²) >= 11 is 0. The molecule has 0 bridgehead atoms. The fourth-order valence-corrected chi connectivity index (χ4v) is 6.83. The predicted octanol–water partition coefficient (Wildman–Crippen LogP) is 13.4. The maximum Gasteiger partial charge on any atom is 0.0540 e. The summed E-state index contributed by atoms with van der Waals surface area (Å²) in [5.41, 5.74) is 11.9. The summed E-state index contributed by atoms with van der Waals surface area (Å²) < 4.78 is 0. The van der Waals surface area contributed by atoms with Gasteiger partial charge >= 0.3 is 0 Å². The van der Waals surface area contributed by atoms with Crippen LogP contribution in [0.5, 0.6) is 0 Å². The Kier molecular flexibility index (Phi) is 8.64. The van der Waals surface area contributed by atoms with Crippen LogP contribution in [-0.2, 0) is 0 Å². The van der Waals surface area contributed by atoms with E-state index in [-0.39, 0.29) is 0 Å². The first-order chi connectivity index (χ1) is 23.5. The molecule has 234 valence electrons. The summed E-state index contributed by atoms with van der Waals surface area (Å²) in [5, 5.41) is 4.92. The van der Waals surface area contributed by atoms with Crippen LogP contribution < -0.4 is 9.80 Å². The molecule has 48 heavy (non-hydrogen) atoms. The molecule has 0 spiro atoms. The number of allylic oxidation sites excluding steroid dienone is 4. The van der Waals surface area contributed by atoms with E-state index < -0.39 is 0 Å². The van der Waals surface area contributed by atoms with Crippen LogP contribution in [0.3, 0.4) is 0 Å². The highest BCUT2D eigenvalue weighted by atomic mass is 15.1. The Hall–Kier alpha value is -5.86. The fourth-order valence-electron chi connectivity index (χ4n) is 6.83. The lowest BCUT2D eigenvalue weighted by Gasteiger charge is -2.29. The Morgan fingerprint density at radius 2 is 1.02 bits per heavy atom. The van der Waals surface area contributed by atoms with Gasteiger partial charge < -0.3 is 9.80 Å². The van der Waals surface area contributed by atoms with Gasteiger partial charge in [0.2, 0.25) is 0 Å². The monoisotopic (exact) mass is 620 g/mol. The van der Waals surface area contributed by atoms with Crippen molar-refractivity contribution in [1.82, 2.24) is 0 Å². The van der Waals surface area contributed by atoms with Crippen LogP contribution in [0.1, 0.15) is 25.0 Å². The van der Waals surface area contributed by atoms with Crippen LogP contribution in [0.15, 0.2) is 176 Å². The first-order valence-corrected chi connectivity index (χ1v) is 16.7. The van der Waals surface area contributed by atoms with Gasteiger partial charge in [0.1, 0.15) is 0 Å². The second-order valence-electron chi connectivity index (χ2n) is 12.3. The van der Waals surface area contributed by atoms with Crippen LogP contribution in [-0.4, -0.2) is 0 Å². The van der Waals surface area contributed by atoms with Crippen molar-refractivity contribution in [2.45, 2.75) is 27.7 Å². The SMILES string of the molecule is C/C=C\C=C(/C)N(c1ccc(-c2ccc(N(c3ccccc3)c3cccc4ccccc34)cc2C)c(C)c1)c1cccc2ccccc12. The zero-order valence-corrected chi connectivity index (χ0v) is 28.1. The van der Waals surface area contributed by atoms with Crippen molar-refractivity contribution < 1.29 is 0 Å². The molecule has 0 atom stereocenters. The smallest absolute Gasteiger partial charge is 0.0540 e. The first kappa shape index (κ1) is 30.8. The zero-order valence-electron chi connectivity index (χ0n) is 28.1. The topological polar surface area (TPSA) is 6.48 Å². The van der Waals surface area contributed by atoms with E-state index in [1.54, 1.807) is 0 Å². The molecule has 0 aliphatic carbocycles. The van der Waals surface area contributed by atoms with Crippen LogP contribution in [0.2, 0.25) is 0 Å². The van der Waals surface area contributed by atoms with Crippen molar-refractivity contribution >= 4 is 50.0 Å². The Morgan fingerprint density at radius 3 is 1.65 bits per heavy atom. The van der Waals surface area contributed by atoms with E-state index >= 15 is 0 Å². The van der Waals surface area contributed by atoms with Crippen molar-refractivity contribution in [2.75, 3.05) is 9.80 Å². The van der Waals surface area contributed by atoms with Gasteiger partial charge in [-0.05, 0) is 115 Å². The number of hydrogen-bond acceptors (Lipinski definition) is 2. The van der Waals surface area contributed by atoms with E-state index in [0.29, 0.717) is 0 Å². The summed E-state index contributed by atoms with van der Waals surface area (Å²) in [6.07, 6.45) is 6.36. The summed E-state index contributed by atoms with van der Waals surface area (Å²) in [7, 11) is 0. The maximum absolute atomic E-state index is 2.37. The summed E-state index contributed by atoms with van der Waals surface area (Å²) in [5.74, 6) is 0. The normalized spacial score (nSPS) is 11.8. The Bertz CT molecular complexity index is 2280. The number of hydrogen-bond donors (Lipinski definition) is 0. The lowest BCUT2D eigenvalue weighted by atomic mass is 9.95. The molecular formula is C46H40N2. The third-order valence-electron chi connectivity index (χ3n) is 9.14. The Balaban J connectivity index is 1.30. The van der Waals surface area contributed by atoms with Crippen molar-refractivity contribution in [3.63, 3.8) is 0 Å². The number of aryl methyl sites for hydroxylation is 2. The summed E-state index contributed by atoms with van der Waals surface area (Å²) in [4.78, 5) is 4.74. The third kappa shape index (κ3) is 5.89. The zero-order chi connectivity index (χ0) is 33.0. The highest BCUT2D eigenvalue weighted by Gasteiger charge is 2.19. The molecule has 0 aliphatic heterocycles. The number of fused-ring (bicyclic) bond motifs is 2. The van der Waals surface area contributed by atoms with E-state index in [1.807, 2.05) is 0 Å². The number of benzene rings is 7. The van der Waals surface area contributed by atoms with E-state index in [1.165, 1.54) is 55.2 Å². The molecule has 0 unspecified atom stereocenters. The van der Waals surface area contributed by atoms with Gasteiger partial charge in [-0.2, -0.15) is 0 Å². The van der Waals surface area contributed by atoms with Crippen LogP contribution in [0.25, 0.3) is 32.7 Å². The molecule has 7 rings (SSSR count). The van der Waals surface area contributed by atoms with Gasteiger partial charge in [0.15, 0.2) is 0 Å². The minimum absolute atomic E-state index is 1.14. The second kappa shape index (κ2) is 13.5. The Morgan fingerprint density at radius 1 is 0.500 bits per heavy atom. The number of rotatable bonds is 8. The van der Waals surface area contributed by atoms with Crippen molar-refractivity contribution in [1.29, 1.82) is 0 Å². The molecular weight excluding hydrogens is 581 g/mol. The standard InChI is InChI=1S/C46H40N2/c1-5-6-16-35(4)47(45-25-14-19-36-17-10-12-23-43(36)45)39-27-29-41(33(2)31-39)42-30-28-40(32-34(42)3)48(38-21-8-7-9-22-38)46-26-15-20-37-18-11-13-24-44(37)46/h5-32H,1-4H3/b6-5-,35-16+. The van der Waals surface area contributed by atoms with Crippen LogP contribution in [0.4, 0.5) is 28.4 Å². The Labute approximate surface area is 284 Å². The second-order valence-corrected chi connectivity index (χ2v) is 12.3. The van der Waals surface area contributed by atoms with Gasteiger partial charge in [-0.3, -0.25) is 0 Å². The van der Waals surface area contributed by atoms with Gasteiger partial charge in [-0.1, -0.05) is 115 Å². The van der Waals surface area contributed by atoms with Crippen molar-refractivity contribution in [3.8, 4) is 11.1 Å². The molecule has 0 saturated heterocycles. The van der Waals surface area contributed by atoms with Gasteiger partial charge in [-0.25, -0.2) is 0 Å². The lowest BCUT2D eigenvalue weighted by Crippen LogP contribution is -2.15. The molecule has 2 nitrogen and oxygen atoms in total. The van der Waals surface area contributed by atoms with Gasteiger partial charge in [0.25, 0.3) is 0 Å². The van der Waals surface area contributed by atoms with Gasteiger partial charge in [0, 0.05) is 33.5 Å². The van der Waals surface area contributed by atoms with E-state index in [9.17, 15) is 0 Å². The first-order valence-electron chi connectivity index (χ1n) is 16.7. The average Bonchev–Trinajstić information content (AvgIpc) is 3.12. The summed E-state index contributed by atoms with van der Waals surface area (Å²) in [6.45, 7) is 8.69. The largest absolute Gasteiger partial charge is 0.314 e. The molecule has 7 aromatic rings. The molecule has 7 aromatic carbocycles. The third-order valence-corrected chi connectivity index (χ3v) is 9.14. The number of anilines is 5. The minimum atomic E-state index is 1.14. The molecule has 0 radical (unpaired) electrons. The van der Waals surface area contributed by atoms with Crippen molar-refractivity contribution in [2.24, 2.45) is 0 Å². The van der Waals surface area contributed by atoms with Crippen LogP contribution >= 0.6 is 0 Å². The highest BCUT2D eigenvalue weighted by molar-refractivity contribution is 5.99. The van der Waals surface area contributed by atoms with Gasteiger partial charge in [0.05, 0.1) is 11.4 Å². The van der Waals surface area contributed by atoms with E-state index in [4.69, 9.17) is 0 Å². The number of para-hydroxylation sites is 1. The molecule has 0 N–H and O–H groups in total. The quantitative estimate of drug-likeness (QED) is 0.156. The molecule has 0 aliphatic rings. The van der Waals surface area contributed by atoms with Crippen molar-refractivity contribution in [3.05, 3.63) is 187 Å². The highest BCUT2D eigenvalue weighted by Crippen LogP contribution is 2.42. The average molecular weight is 621 g/mol. The van der Waals surface area contributed by atoms with Gasteiger partial charge in [-0.15, -0.1) is 0 Å². The molecule has 2 heteroatoms. The van der Waals surface area contributed by atoms with E-state index in [0.717, 1.165) is 22.8 Å².